The topological polar surface area (TPSA) is 62.2 Å². The fourth-order valence-electron chi connectivity index (χ4n) is 3.39. The number of nitrogens with zero attached hydrogens (tertiary/aromatic N) is 1. The molecule has 1 amide bonds. The second-order valence-electron chi connectivity index (χ2n) is 6.50. The van der Waals surface area contributed by atoms with Gasteiger partial charge in [0.15, 0.2) is 0 Å². The Morgan fingerprint density at radius 1 is 1.38 bits per heavy atom. The van der Waals surface area contributed by atoms with Crippen molar-refractivity contribution in [3.8, 4) is 0 Å². The molecule has 0 aliphatic heterocycles. The van der Waals surface area contributed by atoms with Gasteiger partial charge in [-0.3, -0.25) is 9.78 Å². The molecule has 1 aromatic carbocycles. The molecule has 2 atom stereocenters. The van der Waals surface area contributed by atoms with Gasteiger partial charge in [0, 0.05) is 18.9 Å². The normalized spacial score (nSPS) is 23.7. The first-order valence-corrected chi connectivity index (χ1v) is 8.22. The van der Waals surface area contributed by atoms with E-state index in [1.54, 1.807) is 24.4 Å². The van der Waals surface area contributed by atoms with Crippen LogP contribution in [-0.4, -0.2) is 28.1 Å². The van der Waals surface area contributed by atoms with E-state index >= 15 is 0 Å². The Balaban J connectivity index is 1.63. The lowest BCUT2D eigenvalue weighted by molar-refractivity contribution is -0.00201. The predicted molar refractivity (Wildman–Crippen MR) is 89.1 cm³/mol. The van der Waals surface area contributed by atoms with Crippen molar-refractivity contribution in [3.05, 3.63) is 65.7 Å². The second-order valence-corrected chi connectivity index (χ2v) is 6.50. The Labute approximate surface area is 140 Å². The number of nitrogens with one attached hydrogen (secondary N) is 1. The summed E-state index contributed by atoms with van der Waals surface area (Å²) in [5.41, 5.74) is 0.415. The molecule has 2 N–H and O–H groups in total. The Bertz CT molecular complexity index is 708. The average Bonchev–Trinajstić information content (AvgIpc) is 2.60. The van der Waals surface area contributed by atoms with Crippen LogP contribution in [-0.2, 0) is 0 Å². The number of amides is 1. The van der Waals surface area contributed by atoms with Gasteiger partial charge in [-0.05, 0) is 61.4 Å². The third-order valence-corrected chi connectivity index (χ3v) is 4.64. The van der Waals surface area contributed by atoms with Gasteiger partial charge in [0.1, 0.15) is 5.82 Å². The summed E-state index contributed by atoms with van der Waals surface area (Å²) < 4.78 is 13.4. The lowest BCUT2D eigenvalue weighted by Crippen LogP contribution is -2.45. The molecule has 4 nitrogen and oxygen atoms in total. The summed E-state index contributed by atoms with van der Waals surface area (Å²) in [6.07, 6.45) is 6.02. The van der Waals surface area contributed by atoms with Gasteiger partial charge in [-0.1, -0.05) is 12.1 Å². The molecule has 1 saturated carbocycles. The molecule has 0 saturated heterocycles. The highest BCUT2D eigenvalue weighted by Crippen LogP contribution is 2.38. The third-order valence-electron chi connectivity index (χ3n) is 4.64. The van der Waals surface area contributed by atoms with Crippen molar-refractivity contribution in [2.24, 2.45) is 0 Å². The van der Waals surface area contributed by atoms with Crippen molar-refractivity contribution < 1.29 is 14.3 Å². The molecule has 1 heterocycles. The predicted octanol–water partition coefficient (Wildman–Crippen LogP) is 3.04. The number of pyridine rings is 1. The van der Waals surface area contributed by atoms with E-state index < -0.39 is 5.60 Å². The highest BCUT2D eigenvalue weighted by atomic mass is 19.1. The van der Waals surface area contributed by atoms with Crippen LogP contribution >= 0.6 is 0 Å². The van der Waals surface area contributed by atoms with Crippen molar-refractivity contribution in [1.29, 1.82) is 0 Å². The summed E-state index contributed by atoms with van der Waals surface area (Å²) in [7, 11) is 0. The molecule has 1 aliphatic carbocycles. The Morgan fingerprint density at radius 3 is 3.00 bits per heavy atom. The Morgan fingerprint density at radius 2 is 2.25 bits per heavy atom. The first-order valence-electron chi connectivity index (χ1n) is 8.22. The van der Waals surface area contributed by atoms with E-state index in [2.05, 4.69) is 10.3 Å². The summed E-state index contributed by atoms with van der Waals surface area (Å²) in [6, 6.07) is 9.93. The smallest absolute Gasteiger partial charge is 0.252 e. The van der Waals surface area contributed by atoms with Crippen LogP contribution in [0.5, 0.6) is 0 Å². The number of hydrogen-bond acceptors (Lipinski definition) is 3. The maximum atomic E-state index is 13.4. The fraction of sp³-hybridized carbons (Fsp3) is 0.368. The number of halogens is 1. The SMILES string of the molecule is O=C(NCC1(O)CCCC(c2cccc(F)c2)C1)c1cccnc1. The molecule has 0 spiro atoms. The van der Waals surface area contributed by atoms with Crippen LogP contribution < -0.4 is 5.32 Å². The van der Waals surface area contributed by atoms with Gasteiger partial charge in [0.2, 0.25) is 0 Å². The molecule has 2 unspecified atom stereocenters. The van der Waals surface area contributed by atoms with Crippen molar-refractivity contribution in [2.45, 2.75) is 37.2 Å². The van der Waals surface area contributed by atoms with Gasteiger partial charge >= 0.3 is 0 Å². The van der Waals surface area contributed by atoms with Crippen LogP contribution in [0.25, 0.3) is 0 Å². The minimum Gasteiger partial charge on any atom is -0.388 e. The van der Waals surface area contributed by atoms with E-state index in [4.69, 9.17) is 0 Å². The Kier molecular flexibility index (Phi) is 4.90. The van der Waals surface area contributed by atoms with Gasteiger partial charge in [0.05, 0.1) is 11.2 Å². The first kappa shape index (κ1) is 16.6. The first-order chi connectivity index (χ1) is 11.6. The van der Waals surface area contributed by atoms with Gasteiger partial charge in [-0.25, -0.2) is 4.39 Å². The summed E-state index contributed by atoms with van der Waals surface area (Å²) in [6.45, 7) is 0.187. The number of rotatable bonds is 4. The number of aliphatic hydroxyl groups is 1. The summed E-state index contributed by atoms with van der Waals surface area (Å²) in [5, 5.41) is 13.6. The number of benzene rings is 1. The van der Waals surface area contributed by atoms with E-state index in [0.717, 1.165) is 18.4 Å². The number of carbonyl (C=O) groups excluding carboxylic acids is 1. The molecule has 126 valence electrons. The number of hydrogen-bond donors (Lipinski definition) is 2. The Hall–Kier alpha value is -2.27. The molecule has 1 fully saturated rings. The number of carbonyl (C=O) groups is 1. The minimum atomic E-state index is -0.965. The van der Waals surface area contributed by atoms with Crippen LogP contribution in [0.4, 0.5) is 4.39 Å². The molecule has 1 aliphatic rings. The number of aromatic nitrogens is 1. The van der Waals surface area contributed by atoms with Gasteiger partial charge in [0.25, 0.3) is 5.91 Å². The molecule has 24 heavy (non-hydrogen) atoms. The second kappa shape index (κ2) is 7.09. The quantitative estimate of drug-likeness (QED) is 0.907. The lowest BCUT2D eigenvalue weighted by Gasteiger charge is -2.37. The van der Waals surface area contributed by atoms with Crippen molar-refractivity contribution >= 4 is 5.91 Å². The van der Waals surface area contributed by atoms with Crippen LogP contribution in [0.2, 0.25) is 0 Å². The van der Waals surface area contributed by atoms with Gasteiger partial charge in [-0.15, -0.1) is 0 Å². The van der Waals surface area contributed by atoms with Crippen molar-refractivity contribution in [1.82, 2.24) is 10.3 Å². The zero-order chi connectivity index (χ0) is 17.0. The lowest BCUT2D eigenvalue weighted by atomic mass is 9.75. The highest BCUT2D eigenvalue weighted by Gasteiger charge is 2.35. The summed E-state index contributed by atoms with van der Waals surface area (Å²) >= 11 is 0. The van der Waals surface area contributed by atoms with Crippen LogP contribution in [0, 0.1) is 5.82 Å². The van der Waals surface area contributed by atoms with E-state index in [9.17, 15) is 14.3 Å². The summed E-state index contributed by atoms with van der Waals surface area (Å²) in [4.78, 5) is 16.0. The molecule has 1 aromatic heterocycles. The van der Waals surface area contributed by atoms with Crippen LogP contribution in [0.3, 0.4) is 0 Å². The maximum absolute atomic E-state index is 13.4. The monoisotopic (exact) mass is 328 g/mol. The van der Waals surface area contributed by atoms with Crippen molar-refractivity contribution in [3.63, 3.8) is 0 Å². The van der Waals surface area contributed by atoms with Crippen LogP contribution in [0.1, 0.15) is 47.5 Å². The maximum Gasteiger partial charge on any atom is 0.252 e. The molecule has 3 rings (SSSR count). The molecule has 5 heteroatoms. The van der Waals surface area contributed by atoms with Crippen molar-refractivity contribution in [2.75, 3.05) is 6.54 Å². The molecular weight excluding hydrogens is 307 g/mol. The summed E-state index contributed by atoms with van der Waals surface area (Å²) in [5.74, 6) is -0.398. The zero-order valence-electron chi connectivity index (χ0n) is 13.4. The van der Waals surface area contributed by atoms with Gasteiger partial charge < -0.3 is 10.4 Å². The minimum absolute atomic E-state index is 0.106. The largest absolute Gasteiger partial charge is 0.388 e. The van der Waals surface area contributed by atoms with E-state index in [0.29, 0.717) is 18.4 Å². The zero-order valence-corrected chi connectivity index (χ0v) is 13.4. The molecular formula is C19H21FN2O2. The molecule has 0 radical (unpaired) electrons. The molecule has 2 aromatic rings. The van der Waals surface area contributed by atoms with E-state index in [-0.39, 0.29) is 24.2 Å². The fourth-order valence-corrected chi connectivity index (χ4v) is 3.39. The van der Waals surface area contributed by atoms with E-state index in [1.165, 1.54) is 18.3 Å². The average molecular weight is 328 g/mol. The van der Waals surface area contributed by atoms with Gasteiger partial charge in [-0.2, -0.15) is 0 Å². The van der Waals surface area contributed by atoms with Crippen LogP contribution in [0.15, 0.2) is 48.8 Å². The third kappa shape index (κ3) is 3.97. The van der Waals surface area contributed by atoms with E-state index in [1.807, 2.05) is 6.07 Å². The molecule has 0 bridgehead atoms. The standard InChI is InChI=1S/C19H21FN2O2/c20-17-7-1-4-14(10-17)15-5-2-8-19(24,11-15)13-22-18(23)16-6-3-9-21-12-16/h1,3-4,6-7,9-10,12,15,24H,2,5,8,11,13H2,(H,22,23). The highest BCUT2D eigenvalue weighted by molar-refractivity contribution is 5.93.